The first-order chi connectivity index (χ1) is 5.36. The maximum Gasteiger partial charge on any atom is 2.00 e. The van der Waals surface area contributed by atoms with Gasteiger partial charge in [0.2, 0.25) is 0 Å². The van der Waals surface area contributed by atoms with Gasteiger partial charge in [-0.25, -0.2) is 0 Å². The second-order valence-corrected chi connectivity index (χ2v) is 3.45. The molecular weight excluding hydrogens is 334 g/mol. The van der Waals surface area contributed by atoms with Gasteiger partial charge in [0.15, 0.2) is 0 Å². The van der Waals surface area contributed by atoms with Gasteiger partial charge >= 0.3 is 21.1 Å². The second-order valence-electron chi connectivity index (χ2n) is 3.45. The van der Waals surface area contributed by atoms with Crippen molar-refractivity contribution >= 4 is 0 Å². The van der Waals surface area contributed by atoms with Crippen LogP contribution in [0.25, 0.3) is 5.32 Å². The summed E-state index contributed by atoms with van der Waals surface area (Å²) in [6, 6.07) is 0.616. The molecule has 0 aromatic heterocycles. The molecule has 0 unspecified atom stereocenters. The van der Waals surface area contributed by atoms with E-state index < -0.39 is 0 Å². The summed E-state index contributed by atoms with van der Waals surface area (Å²) in [6.07, 6.45) is 6.00. The summed E-state index contributed by atoms with van der Waals surface area (Å²) >= 11 is 0. The molecule has 0 heterocycles. The van der Waals surface area contributed by atoms with Crippen LogP contribution in [0.1, 0.15) is 32.1 Å². The van der Waals surface area contributed by atoms with Crippen LogP contribution < -0.4 is 0 Å². The zero-order valence-corrected chi connectivity index (χ0v) is 11.6. The molecule has 2 nitrogen and oxygen atoms in total. The first kappa shape index (κ1) is 16.1. The van der Waals surface area contributed by atoms with E-state index in [2.05, 4.69) is 5.32 Å². The summed E-state index contributed by atoms with van der Waals surface area (Å²) in [5.74, 6) is 0.776. The predicted octanol–water partition coefficient (Wildman–Crippen LogP) is 2.38. The summed E-state index contributed by atoms with van der Waals surface area (Å²) in [4.78, 5) is 0. The molecule has 0 aromatic carbocycles. The Morgan fingerprint density at radius 2 is 1.77 bits per heavy atom. The minimum atomic E-state index is 0. The van der Waals surface area contributed by atoms with E-state index in [9.17, 15) is 0 Å². The van der Waals surface area contributed by atoms with Crippen LogP contribution >= 0.6 is 0 Å². The van der Waals surface area contributed by atoms with Crippen LogP contribution in [0.5, 0.6) is 0 Å². The number of hydrogen-bond acceptors (Lipinski definition) is 1. The molecule has 78 valence electrons. The van der Waals surface area contributed by atoms with E-state index in [0.29, 0.717) is 12.6 Å². The van der Waals surface area contributed by atoms with Crippen LogP contribution in [0.2, 0.25) is 0 Å². The number of aliphatic hydroxyl groups is 1. The van der Waals surface area contributed by atoms with Crippen molar-refractivity contribution in [1.82, 2.24) is 0 Å². The van der Waals surface area contributed by atoms with E-state index in [1.165, 1.54) is 25.7 Å². The third kappa shape index (κ3) is 5.82. The molecule has 0 amide bonds. The van der Waals surface area contributed by atoms with Gasteiger partial charge in [0.25, 0.3) is 0 Å². The zero-order valence-electron chi connectivity index (χ0n) is 8.70. The van der Waals surface area contributed by atoms with Crippen LogP contribution in [0, 0.1) is 13.3 Å². The average Bonchev–Trinajstić information content (AvgIpc) is 2.07. The van der Waals surface area contributed by atoms with Crippen molar-refractivity contribution in [2.24, 2.45) is 5.92 Å². The van der Waals surface area contributed by atoms with Gasteiger partial charge in [-0.15, -0.1) is 6.04 Å². The van der Waals surface area contributed by atoms with E-state index in [0.717, 1.165) is 12.3 Å². The first-order valence-electron chi connectivity index (χ1n) is 4.56. The van der Waals surface area contributed by atoms with E-state index in [-0.39, 0.29) is 28.5 Å². The predicted molar refractivity (Wildman–Crippen MR) is 53.1 cm³/mol. The molecule has 0 radical (unpaired) electrons. The van der Waals surface area contributed by atoms with E-state index in [4.69, 9.17) is 5.11 Å². The van der Waals surface area contributed by atoms with Crippen molar-refractivity contribution in [2.75, 3.05) is 13.7 Å². The van der Waals surface area contributed by atoms with Crippen LogP contribution in [0.3, 0.4) is 0 Å². The SMILES string of the molecule is C[N-]C1CCC(CCO)CC1.[CH3-].[W+2]. The van der Waals surface area contributed by atoms with Crippen molar-refractivity contribution in [3.63, 3.8) is 0 Å². The fourth-order valence-corrected chi connectivity index (χ4v) is 1.87. The Bertz CT molecular complexity index is 103. The van der Waals surface area contributed by atoms with E-state index in [1.54, 1.807) is 0 Å². The molecule has 1 aliphatic carbocycles. The van der Waals surface area contributed by atoms with Gasteiger partial charge in [-0.1, -0.05) is 25.7 Å². The summed E-state index contributed by atoms with van der Waals surface area (Å²) in [5.41, 5.74) is 0. The van der Waals surface area contributed by atoms with Gasteiger partial charge in [0, 0.05) is 6.61 Å². The van der Waals surface area contributed by atoms with Crippen molar-refractivity contribution in [2.45, 2.75) is 38.1 Å². The molecule has 1 aliphatic rings. The number of nitrogens with zero attached hydrogens (tertiary/aromatic N) is 1. The Kier molecular flexibility index (Phi) is 11.3. The maximum absolute atomic E-state index is 8.72. The third-order valence-corrected chi connectivity index (χ3v) is 2.72. The molecule has 0 spiro atoms. The molecule has 0 atom stereocenters. The van der Waals surface area contributed by atoms with Crippen LogP contribution in [-0.2, 0) is 21.1 Å². The number of aliphatic hydroxyl groups excluding tert-OH is 1. The molecule has 13 heavy (non-hydrogen) atoms. The first-order valence-corrected chi connectivity index (χ1v) is 4.56. The molecule has 0 aromatic rings. The summed E-state index contributed by atoms with van der Waals surface area (Å²) in [5, 5.41) is 13.0. The van der Waals surface area contributed by atoms with Gasteiger partial charge in [0.05, 0.1) is 0 Å². The molecule has 1 N–H and O–H groups in total. The molecule has 1 rings (SSSR count). The summed E-state index contributed by atoms with van der Waals surface area (Å²) in [7, 11) is 1.91. The number of rotatable bonds is 3. The molecule has 0 bridgehead atoms. The number of hydrogen-bond donors (Lipinski definition) is 1. The van der Waals surface area contributed by atoms with E-state index in [1.807, 2.05) is 7.05 Å². The largest absolute Gasteiger partial charge is 2.00 e. The topological polar surface area (TPSA) is 34.3 Å². The van der Waals surface area contributed by atoms with Crippen molar-refractivity contribution in [3.05, 3.63) is 12.7 Å². The molecule has 1 fully saturated rings. The fourth-order valence-electron chi connectivity index (χ4n) is 1.87. The standard InChI is InChI=1S/C9H18NO.CH3.W/c1-10-9-4-2-8(3-5-9)6-7-11;;/h8-9,11H,2-7H2,1H3;1H3;/q2*-1;+2. The quantitative estimate of drug-likeness (QED) is 0.776. The average molecular weight is 355 g/mol. The smallest absolute Gasteiger partial charge is 0.662 e. The van der Waals surface area contributed by atoms with Gasteiger partial charge < -0.3 is 17.8 Å². The summed E-state index contributed by atoms with van der Waals surface area (Å²) < 4.78 is 0. The fraction of sp³-hybridized carbons (Fsp3) is 0.900. The zero-order chi connectivity index (χ0) is 8.10. The summed E-state index contributed by atoms with van der Waals surface area (Å²) in [6.45, 7) is 0.360. The molecule has 0 aliphatic heterocycles. The van der Waals surface area contributed by atoms with Crippen LogP contribution in [0.15, 0.2) is 0 Å². The molecule has 3 heteroatoms. The molecule has 0 saturated heterocycles. The van der Waals surface area contributed by atoms with Gasteiger partial charge in [0.1, 0.15) is 0 Å². The Labute approximate surface area is 96.8 Å². The monoisotopic (exact) mass is 355 g/mol. The second kappa shape index (κ2) is 9.17. The van der Waals surface area contributed by atoms with Crippen LogP contribution in [-0.4, -0.2) is 24.8 Å². The maximum atomic E-state index is 8.72. The van der Waals surface area contributed by atoms with Crippen molar-refractivity contribution in [1.29, 1.82) is 0 Å². The minimum absolute atomic E-state index is 0. The molecular formula is C10H21NOW. The van der Waals surface area contributed by atoms with Crippen LogP contribution in [0.4, 0.5) is 0 Å². The van der Waals surface area contributed by atoms with Crippen molar-refractivity contribution < 1.29 is 26.2 Å². The van der Waals surface area contributed by atoms with Gasteiger partial charge in [-0.3, -0.25) is 0 Å². The van der Waals surface area contributed by atoms with Gasteiger partial charge in [-0.05, 0) is 12.3 Å². The van der Waals surface area contributed by atoms with Crippen molar-refractivity contribution in [3.8, 4) is 0 Å². The Morgan fingerprint density at radius 1 is 1.23 bits per heavy atom. The normalized spacial score (nSPS) is 27.2. The Morgan fingerprint density at radius 3 is 2.15 bits per heavy atom. The minimum Gasteiger partial charge on any atom is -0.662 e. The van der Waals surface area contributed by atoms with E-state index >= 15 is 0 Å². The van der Waals surface area contributed by atoms with Gasteiger partial charge in [-0.2, -0.15) is 7.05 Å². The third-order valence-electron chi connectivity index (χ3n) is 2.72. The Hall–Kier alpha value is 0.608. The molecule has 1 saturated carbocycles. The Balaban J connectivity index is 0.